The molecular formula is C20H21BrClN3O3. The molecule has 0 heterocycles. The highest BCUT2D eigenvalue weighted by Crippen LogP contribution is 2.27. The Bertz CT molecular complexity index is 887. The molecule has 2 aromatic carbocycles. The van der Waals surface area contributed by atoms with Crippen molar-refractivity contribution in [3.05, 3.63) is 57.5 Å². The van der Waals surface area contributed by atoms with E-state index in [0.717, 1.165) is 17.7 Å². The third kappa shape index (κ3) is 6.98. The first-order valence-electron chi connectivity index (χ1n) is 8.66. The summed E-state index contributed by atoms with van der Waals surface area (Å²) in [6.45, 7) is 3.48. The Labute approximate surface area is 177 Å². The van der Waals surface area contributed by atoms with E-state index in [4.69, 9.17) is 16.3 Å². The fraction of sp³-hybridized carbons (Fsp3) is 0.250. The molecule has 0 aliphatic heterocycles. The third-order valence-electron chi connectivity index (χ3n) is 3.71. The summed E-state index contributed by atoms with van der Waals surface area (Å²) in [5.74, 6) is -0.134. The zero-order valence-electron chi connectivity index (χ0n) is 15.6. The number of amides is 2. The van der Waals surface area contributed by atoms with Crippen molar-refractivity contribution in [1.29, 1.82) is 0 Å². The minimum absolute atomic E-state index is 0.0713. The van der Waals surface area contributed by atoms with E-state index in [-0.39, 0.29) is 18.9 Å². The van der Waals surface area contributed by atoms with Crippen LogP contribution in [0.3, 0.4) is 0 Å². The second-order valence-electron chi connectivity index (χ2n) is 5.98. The maximum atomic E-state index is 12.2. The SMILES string of the molecule is CCc1ccccc1NC(=O)C/C(C)=N\NC(=O)COc1ccc(Cl)cc1Br. The zero-order chi connectivity index (χ0) is 20.5. The number of nitrogens with zero attached hydrogens (tertiary/aromatic N) is 1. The number of para-hydroxylation sites is 1. The summed E-state index contributed by atoms with van der Waals surface area (Å²) in [7, 11) is 0. The molecule has 6 nitrogen and oxygen atoms in total. The number of halogens is 2. The van der Waals surface area contributed by atoms with Crippen LogP contribution < -0.4 is 15.5 Å². The molecule has 2 rings (SSSR count). The molecule has 2 amide bonds. The van der Waals surface area contributed by atoms with Crippen LogP contribution in [0.25, 0.3) is 0 Å². The first kappa shape index (κ1) is 21.9. The highest BCUT2D eigenvalue weighted by atomic mass is 79.9. The van der Waals surface area contributed by atoms with Gasteiger partial charge in [0.2, 0.25) is 5.91 Å². The van der Waals surface area contributed by atoms with Gasteiger partial charge in [-0.3, -0.25) is 9.59 Å². The molecular weight excluding hydrogens is 446 g/mol. The molecule has 8 heteroatoms. The fourth-order valence-electron chi connectivity index (χ4n) is 2.34. The lowest BCUT2D eigenvalue weighted by Crippen LogP contribution is -2.26. The Morgan fingerprint density at radius 2 is 1.93 bits per heavy atom. The van der Waals surface area contributed by atoms with Crippen LogP contribution >= 0.6 is 27.5 Å². The largest absolute Gasteiger partial charge is 0.483 e. The fourth-order valence-corrected chi connectivity index (χ4v) is 3.14. The molecule has 0 radical (unpaired) electrons. The van der Waals surface area contributed by atoms with Crippen LogP contribution in [-0.4, -0.2) is 24.1 Å². The topological polar surface area (TPSA) is 79.8 Å². The summed E-state index contributed by atoms with van der Waals surface area (Å²) in [5, 5.41) is 7.36. The lowest BCUT2D eigenvalue weighted by atomic mass is 10.1. The summed E-state index contributed by atoms with van der Waals surface area (Å²) in [4.78, 5) is 24.0. The van der Waals surface area contributed by atoms with E-state index >= 15 is 0 Å². The number of nitrogens with one attached hydrogen (secondary N) is 2. The highest BCUT2D eigenvalue weighted by Gasteiger charge is 2.09. The average Bonchev–Trinajstić information content (AvgIpc) is 2.66. The number of hydrogen-bond donors (Lipinski definition) is 2. The Kier molecular flexibility index (Phi) is 8.47. The van der Waals surface area contributed by atoms with E-state index < -0.39 is 5.91 Å². The van der Waals surface area contributed by atoms with Gasteiger partial charge in [-0.2, -0.15) is 5.10 Å². The molecule has 2 N–H and O–H groups in total. The van der Waals surface area contributed by atoms with Crippen LogP contribution in [0.4, 0.5) is 5.69 Å². The monoisotopic (exact) mass is 465 g/mol. The lowest BCUT2D eigenvalue weighted by Gasteiger charge is -2.10. The predicted octanol–water partition coefficient (Wildman–Crippen LogP) is 4.56. The molecule has 0 aromatic heterocycles. The van der Waals surface area contributed by atoms with Crippen molar-refractivity contribution in [2.45, 2.75) is 26.7 Å². The van der Waals surface area contributed by atoms with Crippen LogP contribution in [-0.2, 0) is 16.0 Å². The number of aryl methyl sites for hydroxylation is 1. The molecule has 0 fully saturated rings. The standard InChI is InChI=1S/C20H21BrClN3O3/c1-3-14-6-4-5-7-17(14)23-19(26)10-13(2)24-25-20(27)12-28-18-9-8-15(22)11-16(18)21/h4-9,11H,3,10,12H2,1-2H3,(H,23,26)(H,25,27)/b24-13-. The molecule has 0 bridgehead atoms. The number of anilines is 1. The van der Waals surface area contributed by atoms with Crippen molar-refractivity contribution < 1.29 is 14.3 Å². The Hall–Kier alpha value is -2.38. The van der Waals surface area contributed by atoms with Gasteiger partial charge in [-0.05, 0) is 59.1 Å². The van der Waals surface area contributed by atoms with E-state index in [1.54, 1.807) is 25.1 Å². The van der Waals surface area contributed by atoms with Crippen LogP contribution in [0, 0.1) is 0 Å². The summed E-state index contributed by atoms with van der Waals surface area (Å²) >= 11 is 9.17. The molecule has 0 aliphatic rings. The maximum Gasteiger partial charge on any atom is 0.277 e. The number of carbonyl (C=O) groups excluding carboxylic acids is 2. The quantitative estimate of drug-likeness (QED) is 0.442. The molecule has 28 heavy (non-hydrogen) atoms. The average molecular weight is 467 g/mol. The minimum Gasteiger partial charge on any atom is -0.483 e. The van der Waals surface area contributed by atoms with Crippen LogP contribution in [0.1, 0.15) is 25.8 Å². The first-order chi connectivity index (χ1) is 13.4. The van der Waals surface area contributed by atoms with E-state index in [1.165, 1.54) is 0 Å². The number of benzene rings is 2. The number of hydrogen-bond acceptors (Lipinski definition) is 4. The van der Waals surface area contributed by atoms with Crippen LogP contribution in [0.15, 0.2) is 52.0 Å². The zero-order valence-corrected chi connectivity index (χ0v) is 17.9. The lowest BCUT2D eigenvalue weighted by molar-refractivity contribution is -0.123. The van der Waals surface area contributed by atoms with Gasteiger partial charge in [0.05, 0.1) is 10.9 Å². The van der Waals surface area contributed by atoms with Gasteiger partial charge in [-0.25, -0.2) is 5.43 Å². The predicted molar refractivity (Wildman–Crippen MR) is 115 cm³/mol. The molecule has 0 atom stereocenters. The summed E-state index contributed by atoms with van der Waals surface area (Å²) in [6.07, 6.45) is 0.894. The van der Waals surface area contributed by atoms with Crippen molar-refractivity contribution >= 4 is 50.7 Å². The molecule has 148 valence electrons. The molecule has 0 spiro atoms. The molecule has 0 aliphatic carbocycles. The van der Waals surface area contributed by atoms with Gasteiger partial charge in [-0.15, -0.1) is 0 Å². The smallest absolute Gasteiger partial charge is 0.277 e. The van der Waals surface area contributed by atoms with E-state index in [9.17, 15) is 9.59 Å². The van der Waals surface area contributed by atoms with Gasteiger partial charge < -0.3 is 10.1 Å². The Balaban J connectivity index is 1.81. The van der Waals surface area contributed by atoms with Gasteiger partial charge in [0.1, 0.15) is 5.75 Å². The number of ether oxygens (including phenoxy) is 1. The Morgan fingerprint density at radius 3 is 2.64 bits per heavy atom. The van der Waals surface area contributed by atoms with Gasteiger partial charge in [0.25, 0.3) is 5.91 Å². The molecule has 0 unspecified atom stereocenters. The molecule has 0 saturated carbocycles. The third-order valence-corrected chi connectivity index (χ3v) is 4.57. The highest BCUT2D eigenvalue weighted by molar-refractivity contribution is 9.10. The van der Waals surface area contributed by atoms with Crippen LogP contribution in [0.2, 0.25) is 5.02 Å². The number of carbonyl (C=O) groups is 2. The summed E-state index contributed by atoms with van der Waals surface area (Å²) in [6, 6.07) is 12.6. The normalized spacial score (nSPS) is 11.1. The second-order valence-corrected chi connectivity index (χ2v) is 7.27. The maximum absolute atomic E-state index is 12.2. The van der Waals surface area contributed by atoms with Crippen molar-refractivity contribution in [2.75, 3.05) is 11.9 Å². The summed E-state index contributed by atoms with van der Waals surface area (Å²) < 4.78 is 6.05. The van der Waals surface area contributed by atoms with E-state index in [1.807, 2.05) is 31.2 Å². The number of hydrazone groups is 1. The van der Waals surface area contributed by atoms with Crippen LogP contribution in [0.5, 0.6) is 5.75 Å². The molecule has 0 saturated heterocycles. The Morgan fingerprint density at radius 1 is 1.18 bits per heavy atom. The first-order valence-corrected chi connectivity index (χ1v) is 9.83. The van der Waals surface area contributed by atoms with Gasteiger partial charge >= 0.3 is 0 Å². The van der Waals surface area contributed by atoms with Gasteiger partial charge in [0, 0.05) is 16.4 Å². The van der Waals surface area contributed by atoms with E-state index in [0.29, 0.717) is 21.0 Å². The van der Waals surface area contributed by atoms with E-state index in [2.05, 4.69) is 31.8 Å². The second kappa shape index (κ2) is 10.8. The summed E-state index contributed by atoms with van der Waals surface area (Å²) in [5.41, 5.74) is 4.70. The van der Waals surface area contributed by atoms with Gasteiger partial charge in [-0.1, -0.05) is 36.7 Å². The molecule has 2 aromatic rings. The van der Waals surface area contributed by atoms with Gasteiger partial charge in [0.15, 0.2) is 6.61 Å². The van der Waals surface area contributed by atoms with Crippen molar-refractivity contribution in [3.63, 3.8) is 0 Å². The minimum atomic E-state index is -0.432. The van der Waals surface area contributed by atoms with Crippen molar-refractivity contribution in [2.24, 2.45) is 5.10 Å². The number of rotatable bonds is 8. The van der Waals surface area contributed by atoms with Crippen molar-refractivity contribution in [3.8, 4) is 5.75 Å². The van der Waals surface area contributed by atoms with Crippen molar-refractivity contribution in [1.82, 2.24) is 5.43 Å².